The maximum Gasteiger partial charge on any atom is 0.407 e. The van der Waals surface area contributed by atoms with Gasteiger partial charge in [0, 0.05) is 18.1 Å². The van der Waals surface area contributed by atoms with Crippen LogP contribution >= 0.6 is 0 Å². The molecule has 3 rings (SSSR count). The van der Waals surface area contributed by atoms with E-state index in [1.165, 1.54) is 0 Å². The summed E-state index contributed by atoms with van der Waals surface area (Å²) in [7, 11) is 0. The number of hydrogen-bond donors (Lipinski definition) is 2. The smallest absolute Gasteiger partial charge is 0.407 e. The minimum absolute atomic E-state index is 0.00548. The summed E-state index contributed by atoms with van der Waals surface area (Å²) in [6, 6.07) is 2.31. The third kappa shape index (κ3) is 5.13. The van der Waals surface area contributed by atoms with E-state index in [-0.39, 0.29) is 29.7 Å². The van der Waals surface area contributed by atoms with Crippen LogP contribution in [0.25, 0.3) is 0 Å². The van der Waals surface area contributed by atoms with Crippen molar-refractivity contribution in [1.29, 1.82) is 5.26 Å². The molecule has 3 fully saturated rings. The van der Waals surface area contributed by atoms with Crippen LogP contribution in [0.4, 0.5) is 4.79 Å². The zero-order valence-electron chi connectivity index (χ0n) is 16.7. The van der Waals surface area contributed by atoms with Gasteiger partial charge in [-0.2, -0.15) is 5.26 Å². The number of amides is 2. The first-order chi connectivity index (χ1) is 12.7. The maximum atomic E-state index is 12.4. The van der Waals surface area contributed by atoms with Crippen molar-refractivity contribution in [3.63, 3.8) is 0 Å². The molecule has 2 aliphatic carbocycles. The Morgan fingerprint density at radius 3 is 2.44 bits per heavy atom. The van der Waals surface area contributed by atoms with Gasteiger partial charge in [0.15, 0.2) is 0 Å². The molecule has 7 heteroatoms. The zero-order valence-corrected chi connectivity index (χ0v) is 16.7. The predicted molar refractivity (Wildman–Crippen MR) is 101 cm³/mol. The van der Waals surface area contributed by atoms with Crippen molar-refractivity contribution in [3.05, 3.63) is 0 Å². The van der Waals surface area contributed by atoms with Gasteiger partial charge in [0.25, 0.3) is 0 Å². The van der Waals surface area contributed by atoms with Crippen LogP contribution in [0, 0.1) is 23.2 Å². The molecule has 0 aromatic heterocycles. The summed E-state index contributed by atoms with van der Waals surface area (Å²) in [4.78, 5) is 26.0. The van der Waals surface area contributed by atoms with Gasteiger partial charge in [0.05, 0.1) is 12.6 Å². The molecule has 0 aromatic rings. The Labute approximate surface area is 161 Å². The highest BCUT2D eigenvalue weighted by molar-refractivity contribution is 5.79. The Hall–Kier alpha value is -1.81. The number of ether oxygens (including phenoxy) is 1. The summed E-state index contributed by atoms with van der Waals surface area (Å²) < 4.78 is 5.59. The number of carbonyl (C=O) groups excluding carboxylic acids is 2. The standard InChI is InChI=1S/C20H32N4O3/c1-20(2,3)23-19(26)27-17-9-13-7-15(8-14(13)10-17)22-12-18(25)24-6-4-5-16(24)11-21/h13-17,22H,4-10,12H2,1-3H3,(H,23,26)/t13-,14+,15?,16-,17+/m0/s1. The molecule has 1 unspecified atom stereocenters. The van der Waals surface area contributed by atoms with E-state index in [0.717, 1.165) is 38.5 Å². The molecule has 150 valence electrons. The molecule has 0 spiro atoms. The average Bonchev–Trinajstić information content (AvgIpc) is 3.24. The highest BCUT2D eigenvalue weighted by atomic mass is 16.6. The van der Waals surface area contributed by atoms with E-state index >= 15 is 0 Å². The van der Waals surface area contributed by atoms with Gasteiger partial charge in [-0.25, -0.2) is 4.79 Å². The van der Waals surface area contributed by atoms with Gasteiger partial charge in [-0.05, 0) is 71.1 Å². The van der Waals surface area contributed by atoms with Crippen molar-refractivity contribution in [1.82, 2.24) is 15.5 Å². The van der Waals surface area contributed by atoms with Crippen molar-refractivity contribution in [2.45, 2.75) is 83.0 Å². The number of carbonyl (C=O) groups is 2. The van der Waals surface area contributed by atoms with Crippen LogP contribution in [-0.2, 0) is 9.53 Å². The van der Waals surface area contributed by atoms with Gasteiger partial charge in [-0.1, -0.05) is 0 Å². The number of nitrogens with one attached hydrogen (secondary N) is 2. The minimum atomic E-state index is -0.328. The number of nitriles is 1. The first kappa shape index (κ1) is 19.9. The fourth-order valence-corrected chi connectivity index (χ4v) is 4.84. The number of likely N-dealkylation sites (tertiary alicyclic amines) is 1. The molecule has 0 bridgehead atoms. The SMILES string of the molecule is CC(C)(C)NC(=O)O[C@H]1C[C@H]2CC(NCC(=O)N3CCC[C@H]3C#N)C[C@H]2C1. The van der Waals surface area contributed by atoms with Gasteiger partial charge in [-0.3, -0.25) is 4.79 Å². The quantitative estimate of drug-likeness (QED) is 0.784. The highest BCUT2D eigenvalue weighted by Gasteiger charge is 2.43. The topological polar surface area (TPSA) is 94.5 Å². The molecule has 0 aromatic carbocycles. The lowest BCUT2D eigenvalue weighted by Crippen LogP contribution is -2.43. The normalized spacial score (nSPS) is 32.8. The first-order valence-electron chi connectivity index (χ1n) is 10.2. The van der Waals surface area contributed by atoms with Gasteiger partial charge in [-0.15, -0.1) is 0 Å². The number of nitrogens with zero attached hydrogens (tertiary/aromatic N) is 2. The molecule has 0 radical (unpaired) electrons. The molecule has 3 aliphatic rings. The second-order valence-corrected chi connectivity index (χ2v) is 9.32. The first-order valence-corrected chi connectivity index (χ1v) is 10.2. The van der Waals surface area contributed by atoms with E-state index in [1.807, 2.05) is 20.8 Å². The molecular weight excluding hydrogens is 344 g/mol. The van der Waals surface area contributed by atoms with E-state index < -0.39 is 0 Å². The summed E-state index contributed by atoms with van der Waals surface area (Å²) in [6.45, 7) is 6.84. The molecule has 1 aliphatic heterocycles. The maximum absolute atomic E-state index is 12.4. The fraction of sp³-hybridized carbons (Fsp3) is 0.850. The molecule has 1 heterocycles. The van der Waals surface area contributed by atoms with Crippen LogP contribution in [0.2, 0.25) is 0 Å². The Morgan fingerprint density at radius 1 is 1.19 bits per heavy atom. The number of fused-ring (bicyclic) bond motifs is 1. The Kier molecular flexibility index (Phi) is 5.95. The van der Waals surface area contributed by atoms with Crippen molar-refractivity contribution >= 4 is 12.0 Å². The fourth-order valence-electron chi connectivity index (χ4n) is 4.84. The molecular formula is C20H32N4O3. The second kappa shape index (κ2) is 8.05. The van der Waals surface area contributed by atoms with Crippen molar-refractivity contribution in [2.24, 2.45) is 11.8 Å². The summed E-state index contributed by atoms with van der Waals surface area (Å²) in [5, 5.41) is 15.4. The average molecular weight is 377 g/mol. The molecule has 5 atom stereocenters. The van der Waals surface area contributed by atoms with E-state index in [9.17, 15) is 9.59 Å². The summed E-state index contributed by atoms with van der Waals surface area (Å²) in [5.74, 6) is 1.16. The largest absolute Gasteiger partial charge is 0.446 e. The van der Waals surface area contributed by atoms with Crippen molar-refractivity contribution in [3.8, 4) is 6.07 Å². The van der Waals surface area contributed by atoms with Gasteiger partial charge < -0.3 is 20.3 Å². The Balaban J connectivity index is 1.38. The van der Waals surface area contributed by atoms with E-state index in [0.29, 0.717) is 31.0 Å². The van der Waals surface area contributed by atoms with Crippen LogP contribution in [0.1, 0.15) is 59.3 Å². The zero-order chi connectivity index (χ0) is 19.6. The lowest BCUT2D eigenvalue weighted by molar-refractivity contribution is -0.130. The van der Waals surface area contributed by atoms with Gasteiger partial charge >= 0.3 is 6.09 Å². The Bertz CT molecular complexity index is 595. The molecule has 27 heavy (non-hydrogen) atoms. The van der Waals surface area contributed by atoms with E-state index in [2.05, 4.69) is 16.7 Å². The lowest BCUT2D eigenvalue weighted by atomic mass is 10.0. The number of alkyl carbamates (subject to hydrolysis) is 1. The van der Waals surface area contributed by atoms with E-state index in [1.54, 1.807) is 4.90 Å². The molecule has 2 amide bonds. The third-order valence-corrected chi connectivity index (χ3v) is 5.99. The number of hydrogen-bond acceptors (Lipinski definition) is 5. The van der Waals surface area contributed by atoms with Crippen LogP contribution < -0.4 is 10.6 Å². The molecule has 2 N–H and O–H groups in total. The van der Waals surface area contributed by atoms with Crippen LogP contribution in [0.3, 0.4) is 0 Å². The van der Waals surface area contributed by atoms with Crippen molar-refractivity contribution < 1.29 is 14.3 Å². The monoisotopic (exact) mass is 376 g/mol. The summed E-state index contributed by atoms with van der Waals surface area (Å²) >= 11 is 0. The van der Waals surface area contributed by atoms with Gasteiger partial charge in [0.1, 0.15) is 12.1 Å². The van der Waals surface area contributed by atoms with Crippen molar-refractivity contribution in [2.75, 3.05) is 13.1 Å². The number of rotatable bonds is 4. The summed E-state index contributed by atoms with van der Waals surface area (Å²) in [5.41, 5.74) is -0.285. The second-order valence-electron chi connectivity index (χ2n) is 9.32. The third-order valence-electron chi connectivity index (χ3n) is 5.99. The Morgan fingerprint density at radius 2 is 1.85 bits per heavy atom. The van der Waals surface area contributed by atoms with E-state index in [4.69, 9.17) is 10.00 Å². The minimum Gasteiger partial charge on any atom is -0.446 e. The lowest BCUT2D eigenvalue weighted by Gasteiger charge is -2.23. The van der Waals surface area contributed by atoms with Gasteiger partial charge in [0.2, 0.25) is 5.91 Å². The van der Waals surface area contributed by atoms with Crippen LogP contribution in [0.15, 0.2) is 0 Å². The summed E-state index contributed by atoms with van der Waals surface area (Å²) in [6.07, 6.45) is 5.27. The molecule has 2 saturated carbocycles. The molecule has 1 saturated heterocycles. The molecule has 7 nitrogen and oxygen atoms in total. The van der Waals surface area contributed by atoms with Crippen LogP contribution in [-0.4, -0.2) is 53.7 Å². The predicted octanol–water partition coefficient (Wildman–Crippen LogP) is 2.17. The highest BCUT2D eigenvalue weighted by Crippen LogP contribution is 2.45. The van der Waals surface area contributed by atoms with Crippen LogP contribution in [0.5, 0.6) is 0 Å².